The maximum Gasteiger partial charge on any atom is 0.227 e. The van der Waals surface area contributed by atoms with Gasteiger partial charge in [0.15, 0.2) is 5.58 Å². The van der Waals surface area contributed by atoms with E-state index >= 15 is 0 Å². The van der Waals surface area contributed by atoms with E-state index in [4.69, 9.17) is 13.8 Å². The van der Waals surface area contributed by atoms with Crippen LogP contribution in [0.5, 0.6) is 0 Å². The smallest absolute Gasteiger partial charge is 0.227 e. The monoisotopic (exact) mass is 769 g/mol. The molecule has 0 N–H and O–H groups in total. The molecule has 0 atom stereocenters. The summed E-state index contributed by atoms with van der Waals surface area (Å²) in [6.45, 7) is 0. The lowest BCUT2D eigenvalue weighted by atomic mass is 10.0. The fraction of sp³-hybridized carbons (Fsp3) is 0. The van der Waals surface area contributed by atoms with Crippen LogP contribution < -0.4 is 4.90 Å². The Morgan fingerprint density at radius 1 is 0.400 bits per heavy atom. The molecule has 3 aromatic heterocycles. The first-order chi connectivity index (χ1) is 29.7. The number of rotatable bonds is 7. The minimum atomic E-state index is 0.596. The fourth-order valence-corrected chi connectivity index (χ4v) is 8.85. The first-order valence-corrected chi connectivity index (χ1v) is 20.2. The molecule has 0 radical (unpaired) electrons. The van der Waals surface area contributed by atoms with E-state index in [0.29, 0.717) is 5.89 Å². The van der Waals surface area contributed by atoms with Gasteiger partial charge in [0.05, 0.1) is 16.4 Å². The van der Waals surface area contributed by atoms with Crippen LogP contribution in [0.1, 0.15) is 0 Å². The third-order valence-corrected chi connectivity index (χ3v) is 11.6. The van der Waals surface area contributed by atoms with Crippen LogP contribution in [0.4, 0.5) is 17.1 Å². The SMILES string of the molecule is c1ccc(-c2cccc(N(c3ccc(-c4cccc5c4oc4ccc6oc(-c7ccccc7)nc6c45)cc3)c3ccc4c5ccccc5n(-c5ccccc5)c4c3)c2)cc1. The van der Waals surface area contributed by atoms with E-state index in [1.807, 2.05) is 42.5 Å². The van der Waals surface area contributed by atoms with Gasteiger partial charge in [-0.15, -0.1) is 0 Å². The summed E-state index contributed by atoms with van der Waals surface area (Å²) in [4.78, 5) is 7.33. The lowest BCUT2D eigenvalue weighted by Gasteiger charge is -2.26. The number of para-hydroxylation sites is 3. The van der Waals surface area contributed by atoms with Crippen molar-refractivity contribution in [3.63, 3.8) is 0 Å². The van der Waals surface area contributed by atoms with Gasteiger partial charge >= 0.3 is 0 Å². The highest BCUT2D eigenvalue weighted by Crippen LogP contribution is 2.43. The number of nitrogens with zero attached hydrogens (tertiary/aromatic N) is 3. The average molecular weight is 770 g/mol. The zero-order chi connectivity index (χ0) is 39.6. The number of furan rings is 1. The average Bonchev–Trinajstić information content (AvgIpc) is 4.02. The van der Waals surface area contributed by atoms with Gasteiger partial charge in [-0.1, -0.05) is 133 Å². The Morgan fingerprint density at radius 2 is 1.03 bits per heavy atom. The summed E-state index contributed by atoms with van der Waals surface area (Å²) < 4.78 is 15.3. The standard InChI is InChI=1S/C55H35N3O2/c1-4-14-36(15-5-1)39-18-12-21-42(34-39)57(43-30-31-46-45-22-10-11-25-48(45)58(49(46)35-43)40-19-8-3-9-20-40)41-28-26-37(27-29-41)44-23-13-24-47-52-50(59-54(44)47)32-33-51-53(52)56-55(60-51)38-16-6-2-7-17-38/h1-35H. The predicted octanol–water partition coefficient (Wildman–Crippen LogP) is 15.3. The highest BCUT2D eigenvalue weighted by Gasteiger charge is 2.21. The van der Waals surface area contributed by atoms with Gasteiger partial charge in [0, 0.05) is 50.0 Å². The molecule has 0 aliphatic carbocycles. The topological polar surface area (TPSA) is 47.3 Å². The number of anilines is 3. The highest BCUT2D eigenvalue weighted by molar-refractivity contribution is 6.19. The molecule has 60 heavy (non-hydrogen) atoms. The summed E-state index contributed by atoms with van der Waals surface area (Å²) in [5.74, 6) is 0.596. The van der Waals surface area contributed by atoms with Gasteiger partial charge in [-0.25, -0.2) is 4.98 Å². The second-order valence-corrected chi connectivity index (χ2v) is 15.1. The van der Waals surface area contributed by atoms with Gasteiger partial charge in [-0.3, -0.25) is 0 Å². The Bertz CT molecular complexity index is 3530. The molecular formula is C55H35N3O2. The molecule has 0 saturated carbocycles. The van der Waals surface area contributed by atoms with Crippen molar-refractivity contribution in [2.24, 2.45) is 0 Å². The van der Waals surface area contributed by atoms with Crippen LogP contribution in [0.3, 0.4) is 0 Å². The van der Waals surface area contributed by atoms with Crippen LogP contribution in [0.15, 0.2) is 221 Å². The van der Waals surface area contributed by atoms with Crippen molar-refractivity contribution in [2.75, 3.05) is 4.90 Å². The first kappa shape index (κ1) is 33.9. The number of hydrogen-bond donors (Lipinski definition) is 0. The molecule has 5 nitrogen and oxygen atoms in total. The minimum Gasteiger partial charge on any atom is -0.455 e. The number of aromatic nitrogens is 2. The third-order valence-electron chi connectivity index (χ3n) is 11.6. The maximum absolute atomic E-state index is 6.65. The van der Waals surface area contributed by atoms with Gasteiger partial charge in [0.2, 0.25) is 5.89 Å². The van der Waals surface area contributed by atoms with E-state index in [1.54, 1.807) is 0 Å². The van der Waals surface area contributed by atoms with Gasteiger partial charge in [0.1, 0.15) is 16.7 Å². The molecule has 12 aromatic rings. The van der Waals surface area contributed by atoms with Crippen LogP contribution in [-0.4, -0.2) is 9.55 Å². The van der Waals surface area contributed by atoms with Crippen LogP contribution in [0.2, 0.25) is 0 Å². The van der Waals surface area contributed by atoms with E-state index in [-0.39, 0.29) is 0 Å². The fourth-order valence-electron chi connectivity index (χ4n) is 8.85. The molecule has 0 fully saturated rings. The summed E-state index contributed by atoms with van der Waals surface area (Å²) in [5.41, 5.74) is 15.1. The Balaban J connectivity index is 1.00. The molecule has 0 aliphatic rings. The number of oxazole rings is 1. The van der Waals surface area contributed by atoms with E-state index in [9.17, 15) is 0 Å². The second kappa shape index (κ2) is 13.8. The van der Waals surface area contributed by atoms with E-state index in [0.717, 1.165) is 83.6 Å². The van der Waals surface area contributed by atoms with Crippen molar-refractivity contribution in [1.29, 1.82) is 0 Å². The lowest BCUT2D eigenvalue weighted by Crippen LogP contribution is -2.10. The van der Waals surface area contributed by atoms with Gasteiger partial charge in [0.25, 0.3) is 0 Å². The summed E-state index contributed by atoms with van der Waals surface area (Å²) in [7, 11) is 0. The molecule has 3 heterocycles. The summed E-state index contributed by atoms with van der Waals surface area (Å²) in [5, 5.41) is 4.40. The largest absolute Gasteiger partial charge is 0.455 e. The molecule has 0 saturated heterocycles. The minimum absolute atomic E-state index is 0.596. The summed E-state index contributed by atoms with van der Waals surface area (Å²) in [6.07, 6.45) is 0. The van der Waals surface area contributed by atoms with Crippen LogP contribution in [-0.2, 0) is 0 Å². The van der Waals surface area contributed by atoms with Crippen molar-refractivity contribution >= 4 is 71.9 Å². The lowest BCUT2D eigenvalue weighted by molar-refractivity contribution is 0.619. The molecule has 0 bridgehead atoms. The highest BCUT2D eigenvalue weighted by atomic mass is 16.4. The third kappa shape index (κ3) is 5.52. The summed E-state index contributed by atoms with van der Waals surface area (Å²) in [6, 6.07) is 74.6. The van der Waals surface area contributed by atoms with Gasteiger partial charge in [-0.2, -0.15) is 0 Å². The van der Waals surface area contributed by atoms with Crippen molar-refractivity contribution in [1.82, 2.24) is 9.55 Å². The zero-order valence-corrected chi connectivity index (χ0v) is 32.4. The van der Waals surface area contributed by atoms with Crippen LogP contribution in [0, 0.1) is 0 Å². The van der Waals surface area contributed by atoms with Crippen molar-refractivity contribution in [2.45, 2.75) is 0 Å². The Morgan fingerprint density at radius 3 is 1.85 bits per heavy atom. The molecule has 0 amide bonds. The van der Waals surface area contributed by atoms with E-state index in [1.165, 1.54) is 21.9 Å². The molecule has 282 valence electrons. The number of fused-ring (bicyclic) bond motifs is 8. The molecule has 0 spiro atoms. The molecule has 0 aliphatic heterocycles. The quantitative estimate of drug-likeness (QED) is 0.162. The maximum atomic E-state index is 6.65. The van der Waals surface area contributed by atoms with Crippen molar-refractivity contribution in [3.05, 3.63) is 212 Å². The Labute approximate surface area is 345 Å². The predicted molar refractivity (Wildman–Crippen MR) is 247 cm³/mol. The van der Waals surface area contributed by atoms with Crippen LogP contribution >= 0.6 is 0 Å². The van der Waals surface area contributed by atoms with Crippen molar-refractivity contribution in [3.8, 4) is 39.4 Å². The van der Waals surface area contributed by atoms with E-state index in [2.05, 4.69) is 179 Å². The molecule has 9 aromatic carbocycles. The molecule has 5 heteroatoms. The number of hydrogen-bond acceptors (Lipinski definition) is 4. The van der Waals surface area contributed by atoms with E-state index < -0.39 is 0 Å². The van der Waals surface area contributed by atoms with Crippen molar-refractivity contribution < 1.29 is 8.83 Å². The van der Waals surface area contributed by atoms with Crippen LogP contribution in [0.25, 0.3) is 94.2 Å². The molecular weight excluding hydrogens is 735 g/mol. The molecule has 0 unspecified atom stereocenters. The Hall–Kier alpha value is -8.15. The first-order valence-electron chi connectivity index (χ1n) is 20.2. The molecule has 12 rings (SSSR count). The second-order valence-electron chi connectivity index (χ2n) is 15.1. The Kier molecular flexibility index (Phi) is 7.78. The zero-order valence-electron chi connectivity index (χ0n) is 32.4. The van der Waals surface area contributed by atoms with Gasteiger partial charge in [-0.05, 0) is 95.6 Å². The normalized spacial score (nSPS) is 11.7. The number of benzene rings is 9. The summed E-state index contributed by atoms with van der Waals surface area (Å²) >= 11 is 0. The van der Waals surface area contributed by atoms with Gasteiger partial charge < -0.3 is 18.3 Å².